The summed E-state index contributed by atoms with van der Waals surface area (Å²) in [5.74, 6) is -1.92. The number of amides is 2. The minimum atomic E-state index is -1.08. The third-order valence-corrected chi connectivity index (χ3v) is 2.43. The van der Waals surface area contributed by atoms with E-state index in [1.165, 1.54) is 19.1 Å². The fourth-order valence-corrected chi connectivity index (χ4v) is 1.47. The first kappa shape index (κ1) is 14.6. The number of hydrogen-bond acceptors (Lipinski definition) is 4. The van der Waals surface area contributed by atoms with Crippen LogP contribution in [0.5, 0.6) is 0 Å². The second-order valence-corrected chi connectivity index (χ2v) is 3.96. The molecule has 1 heterocycles. The molecule has 0 bridgehead atoms. The molecular weight excluding hydrogens is 250 g/mol. The predicted molar refractivity (Wildman–Crippen MR) is 66.7 cm³/mol. The van der Waals surface area contributed by atoms with E-state index in [2.05, 4.69) is 10.3 Å². The van der Waals surface area contributed by atoms with Crippen molar-refractivity contribution in [3.63, 3.8) is 0 Å². The summed E-state index contributed by atoms with van der Waals surface area (Å²) in [4.78, 5) is 36.9. The van der Waals surface area contributed by atoms with Crippen molar-refractivity contribution in [1.82, 2.24) is 10.3 Å². The Hall–Kier alpha value is -2.44. The van der Waals surface area contributed by atoms with Crippen LogP contribution >= 0.6 is 0 Å². The number of nitrogens with zero attached hydrogens (tertiary/aromatic N) is 1. The lowest BCUT2D eigenvalue weighted by atomic mass is 10.2. The molecule has 0 atom stereocenters. The number of nitrogens with two attached hydrogens (primary N) is 1. The van der Waals surface area contributed by atoms with Gasteiger partial charge in [0.25, 0.3) is 5.91 Å². The Balaban J connectivity index is 2.60. The molecule has 0 aliphatic rings. The van der Waals surface area contributed by atoms with E-state index in [0.717, 1.165) is 0 Å². The number of aromatic nitrogens is 1. The van der Waals surface area contributed by atoms with Crippen molar-refractivity contribution in [1.29, 1.82) is 0 Å². The highest BCUT2D eigenvalue weighted by atomic mass is 16.4. The molecule has 2 amide bonds. The van der Waals surface area contributed by atoms with Crippen molar-refractivity contribution in [2.45, 2.75) is 19.8 Å². The standard InChI is InChI=1S/C12H15N3O4/c1-7-8(12(18)19)4-5-9(15-7)11(17)14-6-2-3-10(13)16/h4-5H,2-3,6H2,1H3,(H2,13,16)(H,14,17)(H,18,19). The number of carbonyl (C=O) groups excluding carboxylic acids is 2. The van der Waals surface area contributed by atoms with Crippen molar-refractivity contribution >= 4 is 17.8 Å². The van der Waals surface area contributed by atoms with Crippen LogP contribution in [0.3, 0.4) is 0 Å². The fraction of sp³-hybridized carbons (Fsp3) is 0.333. The molecule has 0 aromatic carbocycles. The van der Waals surface area contributed by atoms with Gasteiger partial charge in [-0.15, -0.1) is 0 Å². The minimum absolute atomic E-state index is 0.0604. The van der Waals surface area contributed by atoms with E-state index in [9.17, 15) is 14.4 Å². The fourth-order valence-electron chi connectivity index (χ4n) is 1.47. The van der Waals surface area contributed by atoms with Crippen LogP contribution in [-0.2, 0) is 4.79 Å². The zero-order valence-corrected chi connectivity index (χ0v) is 10.5. The van der Waals surface area contributed by atoms with E-state index >= 15 is 0 Å². The third kappa shape index (κ3) is 4.38. The first-order chi connectivity index (χ1) is 8.91. The maximum absolute atomic E-state index is 11.7. The summed E-state index contributed by atoms with van der Waals surface area (Å²) in [6.45, 7) is 1.83. The summed E-state index contributed by atoms with van der Waals surface area (Å²) < 4.78 is 0. The highest BCUT2D eigenvalue weighted by Crippen LogP contribution is 2.06. The number of hydrogen-bond donors (Lipinski definition) is 3. The maximum atomic E-state index is 11.7. The first-order valence-corrected chi connectivity index (χ1v) is 5.69. The van der Waals surface area contributed by atoms with Crippen molar-refractivity contribution < 1.29 is 19.5 Å². The molecule has 0 unspecified atom stereocenters. The highest BCUT2D eigenvalue weighted by Gasteiger charge is 2.12. The average molecular weight is 265 g/mol. The summed E-state index contributed by atoms with van der Waals surface area (Å²) in [5.41, 5.74) is 5.44. The summed E-state index contributed by atoms with van der Waals surface area (Å²) in [6, 6.07) is 2.68. The zero-order chi connectivity index (χ0) is 14.4. The molecule has 4 N–H and O–H groups in total. The topological polar surface area (TPSA) is 122 Å². The number of pyridine rings is 1. The van der Waals surface area contributed by atoms with Crippen LogP contribution in [-0.4, -0.2) is 34.4 Å². The van der Waals surface area contributed by atoms with Gasteiger partial charge in [-0.3, -0.25) is 9.59 Å². The molecule has 0 saturated carbocycles. The number of aryl methyl sites for hydroxylation is 1. The number of rotatable bonds is 6. The summed E-state index contributed by atoms with van der Waals surface area (Å²) >= 11 is 0. The van der Waals surface area contributed by atoms with E-state index in [4.69, 9.17) is 10.8 Å². The molecule has 1 aromatic rings. The third-order valence-electron chi connectivity index (χ3n) is 2.43. The monoisotopic (exact) mass is 265 g/mol. The van der Waals surface area contributed by atoms with Crippen LogP contribution in [0.4, 0.5) is 0 Å². The number of aromatic carboxylic acids is 1. The number of carboxylic acid groups (broad SMARTS) is 1. The SMILES string of the molecule is Cc1nc(C(=O)NCCCC(N)=O)ccc1C(=O)O. The summed E-state index contributed by atoms with van der Waals surface area (Å²) in [7, 11) is 0. The predicted octanol–water partition coefficient (Wildman–Crippen LogP) is 0.0835. The molecule has 0 saturated heterocycles. The Bertz CT molecular complexity index is 514. The van der Waals surface area contributed by atoms with Gasteiger partial charge >= 0.3 is 5.97 Å². The van der Waals surface area contributed by atoms with Crippen molar-refractivity contribution in [3.8, 4) is 0 Å². The Morgan fingerprint density at radius 1 is 1.37 bits per heavy atom. The van der Waals surface area contributed by atoms with Crippen LogP contribution in [0.2, 0.25) is 0 Å². The number of primary amides is 1. The molecule has 1 rings (SSSR count). The number of nitrogens with one attached hydrogen (secondary N) is 1. The van der Waals surface area contributed by atoms with E-state index < -0.39 is 17.8 Å². The van der Waals surface area contributed by atoms with Gasteiger partial charge in [0.15, 0.2) is 0 Å². The molecular formula is C12H15N3O4. The van der Waals surface area contributed by atoms with E-state index in [0.29, 0.717) is 13.0 Å². The highest BCUT2D eigenvalue weighted by molar-refractivity contribution is 5.94. The van der Waals surface area contributed by atoms with Gasteiger partial charge in [0, 0.05) is 13.0 Å². The van der Waals surface area contributed by atoms with Gasteiger partial charge in [-0.1, -0.05) is 0 Å². The molecule has 0 aliphatic carbocycles. The van der Waals surface area contributed by atoms with Gasteiger partial charge in [0.2, 0.25) is 5.91 Å². The molecule has 102 valence electrons. The van der Waals surface area contributed by atoms with Crippen LogP contribution in [0.15, 0.2) is 12.1 Å². The number of carboxylic acids is 1. The molecule has 0 radical (unpaired) electrons. The van der Waals surface area contributed by atoms with Crippen molar-refractivity contribution in [3.05, 3.63) is 29.1 Å². The van der Waals surface area contributed by atoms with Gasteiger partial charge in [-0.2, -0.15) is 0 Å². The lowest BCUT2D eigenvalue weighted by Gasteiger charge is -2.06. The molecule has 0 aliphatic heterocycles. The van der Waals surface area contributed by atoms with Crippen molar-refractivity contribution in [2.75, 3.05) is 6.54 Å². The van der Waals surface area contributed by atoms with Crippen molar-refractivity contribution in [2.24, 2.45) is 5.73 Å². The Kier molecular flexibility index (Phi) is 4.99. The second-order valence-electron chi connectivity index (χ2n) is 3.96. The van der Waals surface area contributed by atoms with Crippen LogP contribution in [0, 0.1) is 6.92 Å². The lowest BCUT2D eigenvalue weighted by Crippen LogP contribution is -2.26. The smallest absolute Gasteiger partial charge is 0.337 e. The lowest BCUT2D eigenvalue weighted by molar-refractivity contribution is -0.118. The molecule has 1 aromatic heterocycles. The quantitative estimate of drug-likeness (QED) is 0.629. The Labute approximate surface area is 109 Å². The first-order valence-electron chi connectivity index (χ1n) is 5.69. The van der Waals surface area contributed by atoms with E-state index in [1.807, 2.05) is 0 Å². The second kappa shape index (κ2) is 6.48. The van der Waals surface area contributed by atoms with Gasteiger partial charge in [0.05, 0.1) is 11.3 Å². The molecule has 7 nitrogen and oxygen atoms in total. The molecule has 19 heavy (non-hydrogen) atoms. The molecule has 7 heteroatoms. The summed E-state index contributed by atoms with van der Waals surface area (Å²) in [6.07, 6.45) is 0.651. The van der Waals surface area contributed by atoms with E-state index in [-0.39, 0.29) is 23.4 Å². The van der Waals surface area contributed by atoms with Crippen LogP contribution in [0.25, 0.3) is 0 Å². The van der Waals surface area contributed by atoms with Gasteiger partial charge in [0.1, 0.15) is 5.69 Å². The Morgan fingerprint density at radius 2 is 2.05 bits per heavy atom. The molecule has 0 spiro atoms. The van der Waals surface area contributed by atoms with Gasteiger partial charge in [-0.05, 0) is 25.5 Å². The molecule has 0 fully saturated rings. The average Bonchev–Trinajstić information content (AvgIpc) is 2.33. The van der Waals surface area contributed by atoms with Gasteiger partial charge < -0.3 is 16.2 Å². The zero-order valence-electron chi connectivity index (χ0n) is 10.5. The van der Waals surface area contributed by atoms with Crippen LogP contribution < -0.4 is 11.1 Å². The van der Waals surface area contributed by atoms with E-state index in [1.54, 1.807) is 0 Å². The van der Waals surface area contributed by atoms with Crippen LogP contribution in [0.1, 0.15) is 39.4 Å². The van der Waals surface area contributed by atoms with Gasteiger partial charge in [-0.25, -0.2) is 9.78 Å². The number of carbonyl (C=O) groups is 3. The summed E-state index contributed by atoms with van der Waals surface area (Å²) in [5, 5.41) is 11.4. The minimum Gasteiger partial charge on any atom is -0.478 e. The Morgan fingerprint density at radius 3 is 2.58 bits per heavy atom. The maximum Gasteiger partial charge on any atom is 0.337 e. The largest absolute Gasteiger partial charge is 0.478 e. The normalized spacial score (nSPS) is 9.95.